The Kier molecular flexibility index (Phi) is 10.1. The quantitative estimate of drug-likeness (QED) is 0.368. The molecule has 0 aromatic heterocycles. The first-order valence-electron chi connectivity index (χ1n) is 10.2. The van der Waals surface area contributed by atoms with Gasteiger partial charge in [-0.15, -0.1) is 0 Å². The summed E-state index contributed by atoms with van der Waals surface area (Å²) in [6.07, 6.45) is -5.58. The zero-order valence-electron chi connectivity index (χ0n) is 19.6. The van der Waals surface area contributed by atoms with Gasteiger partial charge in [0.1, 0.15) is 17.3 Å². The second kappa shape index (κ2) is 10.7. The summed E-state index contributed by atoms with van der Waals surface area (Å²) in [4.78, 5) is 23.1. The summed E-state index contributed by atoms with van der Waals surface area (Å²) in [7, 11) is 0. The highest BCUT2D eigenvalue weighted by Gasteiger charge is 2.45. The predicted octanol–water partition coefficient (Wildman–Crippen LogP) is 5.95. The number of alkyl halides is 3. The zero-order valence-corrected chi connectivity index (χ0v) is 19.6. The second-order valence-electron chi connectivity index (χ2n) is 9.18. The lowest BCUT2D eigenvalue weighted by atomic mass is 9.94. The normalized spacial score (nSPS) is 16.9. The summed E-state index contributed by atoms with van der Waals surface area (Å²) < 4.78 is 58.8. The van der Waals surface area contributed by atoms with E-state index in [-0.39, 0.29) is 12.8 Å². The minimum atomic E-state index is -5.05. The number of hydrogen-bond donors (Lipinski definition) is 0. The van der Waals surface area contributed by atoms with E-state index >= 15 is 0 Å². The summed E-state index contributed by atoms with van der Waals surface area (Å²) in [6, 6.07) is 0. The van der Waals surface area contributed by atoms with Crippen LogP contribution in [0.15, 0.2) is 0 Å². The van der Waals surface area contributed by atoms with E-state index in [1.54, 1.807) is 48.5 Å². The molecule has 0 heterocycles. The van der Waals surface area contributed by atoms with Gasteiger partial charge in [0.15, 0.2) is 0 Å². The van der Waals surface area contributed by atoms with Gasteiger partial charge in [0.2, 0.25) is 0 Å². The van der Waals surface area contributed by atoms with Crippen molar-refractivity contribution < 1.29 is 41.7 Å². The van der Waals surface area contributed by atoms with E-state index in [9.17, 15) is 22.8 Å². The van der Waals surface area contributed by atoms with Gasteiger partial charge in [-0.2, -0.15) is 13.2 Å². The van der Waals surface area contributed by atoms with Gasteiger partial charge in [0.25, 0.3) is 0 Å². The highest BCUT2D eigenvalue weighted by molar-refractivity contribution is 5.76. The lowest BCUT2D eigenvalue weighted by Crippen LogP contribution is -2.42. The molecule has 0 bridgehead atoms. The van der Waals surface area contributed by atoms with Crippen molar-refractivity contribution in [1.29, 1.82) is 0 Å². The molecule has 0 rings (SSSR count). The van der Waals surface area contributed by atoms with Crippen molar-refractivity contribution in [2.45, 2.75) is 123 Å². The average molecular weight is 443 g/mol. The van der Waals surface area contributed by atoms with Gasteiger partial charge < -0.3 is 18.9 Å². The van der Waals surface area contributed by atoms with Gasteiger partial charge in [0, 0.05) is 12.8 Å². The molecule has 0 fully saturated rings. The molecule has 178 valence electrons. The summed E-state index contributed by atoms with van der Waals surface area (Å²) in [6.45, 7) is 15.5. The topological polar surface area (TPSA) is 71.1 Å². The predicted molar refractivity (Wildman–Crippen MR) is 106 cm³/mol. The number of halogens is 3. The van der Waals surface area contributed by atoms with Crippen LogP contribution in [0.3, 0.4) is 0 Å². The molecule has 30 heavy (non-hydrogen) atoms. The molecule has 0 aromatic rings. The summed E-state index contributed by atoms with van der Waals surface area (Å²) in [5, 5.41) is 0. The van der Waals surface area contributed by atoms with Crippen molar-refractivity contribution in [3.8, 4) is 0 Å². The first-order valence-corrected chi connectivity index (χ1v) is 10.2. The second-order valence-corrected chi connectivity index (χ2v) is 9.18. The van der Waals surface area contributed by atoms with Crippen molar-refractivity contribution in [3.63, 3.8) is 0 Å². The Balaban J connectivity index is 4.81. The molecule has 3 unspecified atom stereocenters. The van der Waals surface area contributed by atoms with Crippen molar-refractivity contribution in [2.75, 3.05) is 0 Å². The Bertz CT molecular complexity index is 574. The van der Waals surface area contributed by atoms with Crippen LogP contribution < -0.4 is 0 Å². The fourth-order valence-corrected chi connectivity index (χ4v) is 3.00. The molecule has 9 heteroatoms. The van der Waals surface area contributed by atoms with E-state index in [0.717, 1.165) is 0 Å². The summed E-state index contributed by atoms with van der Waals surface area (Å²) in [5.41, 5.74) is -2.70. The third kappa shape index (κ3) is 11.0. The van der Waals surface area contributed by atoms with Crippen molar-refractivity contribution in [1.82, 2.24) is 0 Å². The molecule has 0 aliphatic carbocycles. The maximum Gasteiger partial charge on any atom is 0.509 e. The zero-order chi connectivity index (χ0) is 24.0. The lowest BCUT2D eigenvalue weighted by molar-refractivity contribution is -0.216. The Morgan fingerprint density at radius 1 is 0.800 bits per heavy atom. The van der Waals surface area contributed by atoms with Crippen LogP contribution in [-0.4, -0.2) is 47.3 Å². The number of hydrogen-bond acceptors (Lipinski definition) is 6. The molecule has 0 aliphatic heterocycles. The molecule has 0 N–H and O–H groups in total. The Morgan fingerprint density at radius 3 is 1.77 bits per heavy atom. The number of rotatable bonds is 11. The van der Waals surface area contributed by atoms with E-state index in [1.165, 1.54) is 6.92 Å². The minimum Gasteiger partial charge on any atom is -0.453 e. The van der Waals surface area contributed by atoms with E-state index in [0.29, 0.717) is 12.8 Å². The summed E-state index contributed by atoms with van der Waals surface area (Å²) >= 11 is 0. The number of carbonyl (C=O) groups is 2. The third-order valence-electron chi connectivity index (χ3n) is 4.85. The molecule has 0 saturated heterocycles. The third-order valence-corrected chi connectivity index (χ3v) is 4.85. The number of esters is 1. The SMILES string of the molecule is CCC(C)(C)OC(=O)OC(C)CC(C)(C)OC(C)CC(C)(CC)OC(=O)C(F)(F)F. The van der Waals surface area contributed by atoms with Crippen LogP contribution in [0.1, 0.15) is 88.0 Å². The highest BCUT2D eigenvalue weighted by Crippen LogP contribution is 2.30. The maximum absolute atomic E-state index is 12.5. The molecule has 3 atom stereocenters. The molecular formula is C21H37F3O6. The fourth-order valence-electron chi connectivity index (χ4n) is 3.00. The van der Waals surface area contributed by atoms with Crippen LogP contribution in [0.25, 0.3) is 0 Å². The molecule has 0 aliphatic rings. The molecule has 0 saturated carbocycles. The number of carbonyl (C=O) groups excluding carboxylic acids is 2. The molecular weight excluding hydrogens is 405 g/mol. The van der Waals surface area contributed by atoms with E-state index in [2.05, 4.69) is 0 Å². The molecule has 0 spiro atoms. The van der Waals surface area contributed by atoms with Gasteiger partial charge in [-0.25, -0.2) is 9.59 Å². The van der Waals surface area contributed by atoms with E-state index in [1.807, 2.05) is 6.92 Å². The van der Waals surface area contributed by atoms with Crippen molar-refractivity contribution in [2.24, 2.45) is 0 Å². The molecule has 0 aromatic carbocycles. The van der Waals surface area contributed by atoms with Gasteiger partial charge in [-0.3, -0.25) is 0 Å². The van der Waals surface area contributed by atoms with Crippen molar-refractivity contribution >= 4 is 12.1 Å². The summed E-state index contributed by atoms with van der Waals surface area (Å²) in [5.74, 6) is -2.21. The smallest absolute Gasteiger partial charge is 0.453 e. The van der Waals surface area contributed by atoms with E-state index in [4.69, 9.17) is 18.9 Å². The maximum atomic E-state index is 12.5. The minimum absolute atomic E-state index is 0.0801. The van der Waals surface area contributed by atoms with Crippen LogP contribution >= 0.6 is 0 Å². The highest BCUT2D eigenvalue weighted by atomic mass is 19.4. The van der Waals surface area contributed by atoms with Gasteiger partial charge in [-0.05, 0) is 61.3 Å². The van der Waals surface area contributed by atoms with Crippen molar-refractivity contribution in [3.05, 3.63) is 0 Å². The van der Waals surface area contributed by atoms with Crippen LogP contribution in [0.5, 0.6) is 0 Å². The lowest BCUT2D eigenvalue weighted by Gasteiger charge is -2.36. The largest absolute Gasteiger partial charge is 0.509 e. The Hall–Kier alpha value is -1.51. The van der Waals surface area contributed by atoms with Crippen LogP contribution in [0, 0.1) is 0 Å². The Morgan fingerprint density at radius 2 is 1.33 bits per heavy atom. The Labute approximate surface area is 177 Å². The van der Waals surface area contributed by atoms with Crippen LogP contribution in [-0.2, 0) is 23.7 Å². The molecule has 0 amide bonds. The van der Waals surface area contributed by atoms with Crippen LogP contribution in [0.2, 0.25) is 0 Å². The average Bonchev–Trinajstić information content (AvgIpc) is 2.51. The standard InChI is InChI=1S/C21H37F3O6/c1-10-18(5,6)30-17(26)27-14(3)12-19(7,8)28-15(4)13-20(9,11-2)29-16(25)21(22,23)24/h14-15H,10-13H2,1-9H3. The van der Waals surface area contributed by atoms with Gasteiger partial charge in [-0.1, -0.05) is 13.8 Å². The van der Waals surface area contributed by atoms with Gasteiger partial charge in [0.05, 0.1) is 11.7 Å². The molecule has 6 nitrogen and oxygen atoms in total. The van der Waals surface area contributed by atoms with E-state index < -0.39 is 47.3 Å². The van der Waals surface area contributed by atoms with Gasteiger partial charge >= 0.3 is 18.3 Å². The first-order chi connectivity index (χ1) is 13.3. The fraction of sp³-hybridized carbons (Fsp3) is 0.905. The van der Waals surface area contributed by atoms with Crippen LogP contribution in [0.4, 0.5) is 18.0 Å². The first kappa shape index (κ1) is 28.5. The monoisotopic (exact) mass is 442 g/mol. The number of ether oxygens (including phenoxy) is 4. The molecule has 0 radical (unpaired) electrons.